The van der Waals surface area contributed by atoms with Gasteiger partial charge in [0.1, 0.15) is 0 Å². The zero-order chi connectivity index (χ0) is 9.56. The van der Waals surface area contributed by atoms with Gasteiger partial charge in [0, 0.05) is 0 Å². The summed E-state index contributed by atoms with van der Waals surface area (Å²) in [6.45, 7) is 1.81. The maximum atomic E-state index is 10.7. The summed E-state index contributed by atoms with van der Waals surface area (Å²) < 4.78 is 0. The van der Waals surface area contributed by atoms with E-state index in [1.807, 2.05) is 0 Å². The van der Waals surface area contributed by atoms with Crippen LogP contribution in [0.3, 0.4) is 0 Å². The summed E-state index contributed by atoms with van der Waals surface area (Å²) in [5, 5.41) is 19.0. The van der Waals surface area contributed by atoms with Crippen molar-refractivity contribution < 1.29 is 61.0 Å². The Morgan fingerprint density at radius 2 is 1.56 bits per heavy atom. The van der Waals surface area contributed by atoms with Gasteiger partial charge in [0.2, 0.25) is 0 Å². The van der Waals surface area contributed by atoms with Crippen LogP contribution < -0.4 is 34.7 Å². The quantitative estimate of drug-likeness (QED) is 0.532. The van der Waals surface area contributed by atoms with Gasteiger partial charge in [-0.2, -0.15) is 0 Å². The predicted molar refractivity (Wildman–Crippen MR) is 50.3 cm³/mol. The molecule has 1 rings (SSSR count). The molecule has 0 atom stereocenters. The number of hydrogen-bond donors (Lipinski definition) is 1. The van der Waals surface area contributed by atoms with Crippen molar-refractivity contribution in [3.05, 3.63) is 29.8 Å². The molecule has 8 heteroatoms. The third-order valence-corrected chi connectivity index (χ3v) is 1.12. The number of para-hydroxylation sites is 1. The van der Waals surface area contributed by atoms with Crippen molar-refractivity contribution >= 4 is 16.2 Å². The molecule has 0 aliphatic rings. The summed E-state index contributed by atoms with van der Waals surface area (Å²) in [4.78, 5) is 10.2. The molecule has 0 aromatic heterocycles. The van der Waals surface area contributed by atoms with Crippen molar-refractivity contribution in [1.82, 2.24) is 0 Å². The van der Waals surface area contributed by atoms with Crippen molar-refractivity contribution in [2.75, 3.05) is 0 Å². The monoisotopic (exact) mass is 254 g/mol. The summed E-state index contributed by atoms with van der Waals surface area (Å²) in [5.74, 6) is -1.62. The van der Waals surface area contributed by atoms with Crippen LogP contribution in [0.2, 0.25) is 6.55 Å². The number of hydrogen-bond acceptors (Lipinski definition) is 5. The molecule has 0 unspecified atom stereocenters. The average molecular weight is 254 g/mol. The van der Waals surface area contributed by atoms with Gasteiger partial charge in [-0.15, -0.1) is 0 Å². The van der Waals surface area contributed by atoms with Gasteiger partial charge in [-0.3, -0.25) is 0 Å². The van der Waals surface area contributed by atoms with Crippen LogP contribution >= 0.6 is 0 Å². The summed E-state index contributed by atoms with van der Waals surface area (Å²) in [7, 11) is 2.97. The van der Waals surface area contributed by atoms with E-state index >= 15 is 0 Å². The fourth-order valence-corrected chi connectivity index (χ4v) is 0.643. The van der Waals surface area contributed by atoms with Crippen LogP contribution in [0.25, 0.3) is 0 Å². The molecule has 1 aromatic rings. The van der Waals surface area contributed by atoms with E-state index in [1.54, 1.807) is 6.55 Å². The minimum atomic E-state index is -1.18. The molecule has 0 amide bonds. The van der Waals surface area contributed by atoms with E-state index in [9.17, 15) is 9.90 Å². The van der Waals surface area contributed by atoms with E-state index in [0.29, 0.717) is 0 Å². The maximum absolute atomic E-state index is 10.7. The molecular formula is C8H11NaO6Si. The predicted octanol–water partition coefficient (Wildman–Crippen LogP) is -2.86. The second kappa shape index (κ2) is 17.0. The largest absolute Gasteiger partial charge is 1.00 e. The van der Waals surface area contributed by atoms with Crippen molar-refractivity contribution in [1.29, 1.82) is 0 Å². The molecule has 16 heavy (non-hydrogen) atoms. The molecule has 0 aliphatic carbocycles. The van der Waals surface area contributed by atoms with Gasteiger partial charge in [-0.25, -0.2) is 4.79 Å². The van der Waals surface area contributed by atoms with Crippen molar-refractivity contribution in [2.45, 2.75) is 6.55 Å². The molecule has 0 spiro atoms. The Bertz CT molecular complexity index is 270. The van der Waals surface area contributed by atoms with Gasteiger partial charge < -0.3 is 26.6 Å². The Balaban J connectivity index is -0.0000000637. The van der Waals surface area contributed by atoms with Crippen LogP contribution in [0.4, 0.5) is 0 Å². The van der Waals surface area contributed by atoms with E-state index in [2.05, 4.69) is 10.2 Å². The van der Waals surface area contributed by atoms with Gasteiger partial charge in [0.05, 0.1) is 5.56 Å². The van der Waals surface area contributed by atoms with Gasteiger partial charge >= 0.3 is 52.3 Å². The van der Waals surface area contributed by atoms with E-state index in [-0.39, 0.29) is 51.5 Å². The zero-order valence-corrected chi connectivity index (χ0v) is 11.9. The number of rotatable bonds is 1. The minimum Gasteiger partial charge on any atom is -0.872 e. The molecule has 0 saturated heterocycles. The van der Waals surface area contributed by atoms with Gasteiger partial charge in [-0.05, 0) is 6.07 Å². The van der Waals surface area contributed by atoms with Crippen LogP contribution in [0.1, 0.15) is 10.4 Å². The molecule has 0 heterocycles. The number of aromatic carboxylic acids is 1. The topological polar surface area (TPSA) is 150 Å². The summed E-state index contributed by atoms with van der Waals surface area (Å²) >= 11 is 0. The molecule has 0 radical (unpaired) electrons. The van der Waals surface area contributed by atoms with Crippen LogP contribution in [0.5, 0.6) is 5.75 Å². The molecular weight excluding hydrogens is 243 g/mol. The first kappa shape index (κ1) is 29.6. The standard InChI is InChI=1S/C7H6O3.CH3Si.Na.3H2O/c8-6-4-2-1-3-5(6)7(9)10;1-2;;;;/h1-4,8H,(H,9,10);1H3;;3*1H2/q;+3;+1;;;/p-4. The number of carboxylic acid groups (broad SMARTS) is 1. The normalized spacial score (nSPS) is 6.19. The first-order valence-corrected chi connectivity index (χ1v) is 4.21. The van der Waals surface area contributed by atoms with Gasteiger partial charge in [0.15, 0.2) is 0 Å². The zero-order valence-electron chi connectivity index (χ0n) is 8.91. The van der Waals surface area contributed by atoms with E-state index in [0.717, 1.165) is 0 Å². The SMILES string of the molecule is C[Si+3].O=C(O)c1ccccc1[O-].[Na+].[OH-].[OH-].[OH-]. The molecule has 4 N–H and O–H groups in total. The van der Waals surface area contributed by atoms with Crippen LogP contribution in [0.15, 0.2) is 24.3 Å². The third kappa shape index (κ3) is 10.1. The first-order valence-electron chi connectivity index (χ1n) is 3.21. The molecule has 0 bridgehead atoms. The summed E-state index contributed by atoms with van der Waals surface area (Å²) in [5.41, 5.74) is -0.178. The van der Waals surface area contributed by atoms with E-state index in [1.165, 1.54) is 24.3 Å². The van der Waals surface area contributed by atoms with Crippen molar-refractivity contribution in [3.63, 3.8) is 0 Å². The minimum absolute atomic E-state index is 0. The Morgan fingerprint density at radius 1 is 1.19 bits per heavy atom. The van der Waals surface area contributed by atoms with Gasteiger partial charge in [0.25, 0.3) is 0 Å². The Hall–Kier alpha value is -0.413. The second-order valence-corrected chi connectivity index (χ2v) is 1.80. The Morgan fingerprint density at radius 3 is 1.81 bits per heavy atom. The smallest absolute Gasteiger partial charge is 0.872 e. The van der Waals surface area contributed by atoms with Crippen molar-refractivity contribution in [3.8, 4) is 5.75 Å². The third-order valence-electron chi connectivity index (χ3n) is 1.12. The fourth-order valence-electron chi connectivity index (χ4n) is 0.643. The number of benzene rings is 1. The molecule has 6 nitrogen and oxygen atoms in total. The Kier molecular flexibility index (Phi) is 31.4. The van der Waals surface area contributed by atoms with Crippen LogP contribution in [-0.4, -0.2) is 37.7 Å². The molecule has 0 aliphatic heterocycles. The second-order valence-electron chi connectivity index (χ2n) is 1.80. The van der Waals surface area contributed by atoms with Crippen LogP contribution in [-0.2, 0) is 0 Å². The number of carbonyl (C=O) groups is 1. The maximum Gasteiger partial charge on any atom is 1.00 e. The fraction of sp³-hybridized carbons (Fsp3) is 0.125. The van der Waals surface area contributed by atoms with Gasteiger partial charge in [-0.1, -0.05) is 23.9 Å². The first-order chi connectivity index (χ1) is 5.72. The molecule has 0 fully saturated rings. The van der Waals surface area contributed by atoms with E-state index in [4.69, 9.17) is 5.11 Å². The van der Waals surface area contributed by atoms with Crippen LogP contribution in [0, 0.1) is 0 Å². The summed E-state index contributed by atoms with van der Waals surface area (Å²) in [6.07, 6.45) is 0. The van der Waals surface area contributed by atoms with E-state index < -0.39 is 11.7 Å². The van der Waals surface area contributed by atoms with Crippen molar-refractivity contribution in [2.24, 2.45) is 0 Å². The number of carboxylic acids is 1. The molecule has 84 valence electrons. The Labute approximate surface area is 119 Å². The molecule has 1 aromatic carbocycles. The average Bonchev–Trinajstić information content (AvgIpc) is 2.08. The molecule has 0 saturated carbocycles. The summed E-state index contributed by atoms with van der Waals surface area (Å²) in [6, 6.07) is 5.54.